The third kappa shape index (κ3) is 2.13. The molecule has 0 bridgehead atoms. The first-order valence-corrected chi connectivity index (χ1v) is 6.84. The molecule has 1 aliphatic rings. The van der Waals surface area contributed by atoms with E-state index in [2.05, 4.69) is 27.7 Å². The standard InChI is InChI=1S/C14H19FS/c1-9-12-6-5-11(15)7-10(12)8-16-13(9)14(2,3)4/h5-7,9,13H,8H2,1-4H3. The minimum Gasteiger partial charge on any atom is -0.207 e. The minimum atomic E-state index is -0.110. The molecule has 2 rings (SSSR count). The number of rotatable bonds is 0. The highest BCUT2D eigenvalue weighted by Crippen LogP contribution is 2.46. The minimum absolute atomic E-state index is 0.110. The average molecular weight is 238 g/mol. The highest BCUT2D eigenvalue weighted by molar-refractivity contribution is 7.99. The zero-order chi connectivity index (χ0) is 11.9. The Morgan fingerprint density at radius 3 is 2.62 bits per heavy atom. The Balaban J connectivity index is 2.36. The van der Waals surface area contributed by atoms with E-state index in [9.17, 15) is 4.39 Å². The van der Waals surface area contributed by atoms with E-state index in [4.69, 9.17) is 0 Å². The van der Waals surface area contributed by atoms with Crippen LogP contribution in [0.25, 0.3) is 0 Å². The van der Waals surface area contributed by atoms with Gasteiger partial charge >= 0.3 is 0 Å². The number of hydrogen-bond donors (Lipinski definition) is 0. The van der Waals surface area contributed by atoms with Crippen LogP contribution in [0.2, 0.25) is 0 Å². The summed E-state index contributed by atoms with van der Waals surface area (Å²) in [6.07, 6.45) is 0. The highest BCUT2D eigenvalue weighted by atomic mass is 32.2. The molecule has 0 radical (unpaired) electrons. The van der Waals surface area contributed by atoms with Gasteiger partial charge in [-0.2, -0.15) is 11.8 Å². The summed E-state index contributed by atoms with van der Waals surface area (Å²) in [5.74, 6) is 1.34. The Kier molecular flexibility index (Phi) is 3.04. The van der Waals surface area contributed by atoms with Crippen molar-refractivity contribution in [3.63, 3.8) is 0 Å². The van der Waals surface area contributed by atoms with Gasteiger partial charge in [-0.05, 0) is 34.6 Å². The van der Waals surface area contributed by atoms with Gasteiger partial charge in [0.25, 0.3) is 0 Å². The zero-order valence-corrected chi connectivity index (χ0v) is 11.2. The highest BCUT2D eigenvalue weighted by Gasteiger charge is 2.34. The van der Waals surface area contributed by atoms with Crippen molar-refractivity contribution in [1.82, 2.24) is 0 Å². The topological polar surface area (TPSA) is 0 Å². The Morgan fingerprint density at radius 1 is 1.31 bits per heavy atom. The first kappa shape index (κ1) is 12.0. The van der Waals surface area contributed by atoms with Crippen LogP contribution >= 0.6 is 11.8 Å². The molecular formula is C14H19FS. The molecule has 16 heavy (non-hydrogen) atoms. The Labute approximate surface area is 102 Å². The van der Waals surface area contributed by atoms with Crippen LogP contribution in [0.1, 0.15) is 44.7 Å². The van der Waals surface area contributed by atoms with E-state index < -0.39 is 0 Å². The van der Waals surface area contributed by atoms with Gasteiger partial charge in [0, 0.05) is 11.0 Å². The Bertz CT molecular complexity index is 392. The summed E-state index contributed by atoms with van der Waals surface area (Å²) in [5, 5.41) is 0.616. The van der Waals surface area contributed by atoms with Crippen molar-refractivity contribution in [1.29, 1.82) is 0 Å². The Hall–Kier alpha value is -0.500. The van der Waals surface area contributed by atoms with Crippen molar-refractivity contribution >= 4 is 11.8 Å². The number of benzene rings is 1. The van der Waals surface area contributed by atoms with Crippen LogP contribution < -0.4 is 0 Å². The first-order valence-electron chi connectivity index (χ1n) is 5.79. The summed E-state index contributed by atoms with van der Waals surface area (Å²) in [6, 6.07) is 5.25. The second-order valence-electron chi connectivity index (χ2n) is 5.73. The molecule has 0 aromatic heterocycles. The second kappa shape index (κ2) is 4.06. The van der Waals surface area contributed by atoms with Crippen molar-refractivity contribution in [3.8, 4) is 0 Å². The molecule has 1 heterocycles. The van der Waals surface area contributed by atoms with Gasteiger partial charge in [-0.25, -0.2) is 4.39 Å². The van der Waals surface area contributed by atoms with Crippen molar-refractivity contribution in [3.05, 3.63) is 35.1 Å². The van der Waals surface area contributed by atoms with Crippen LogP contribution in [0.4, 0.5) is 4.39 Å². The molecule has 1 aliphatic heterocycles. The van der Waals surface area contributed by atoms with Crippen molar-refractivity contribution in [2.24, 2.45) is 5.41 Å². The van der Waals surface area contributed by atoms with E-state index in [1.807, 2.05) is 17.8 Å². The summed E-state index contributed by atoms with van der Waals surface area (Å²) in [7, 11) is 0. The lowest BCUT2D eigenvalue weighted by Gasteiger charge is -2.39. The third-order valence-corrected chi connectivity index (χ3v) is 5.27. The van der Waals surface area contributed by atoms with Gasteiger partial charge < -0.3 is 0 Å². The van der Waals surface area contributed by atoms with Gasteiger partial charge in [0.1, 0.15) is 5.82 Å². The quantitative estimate of drug-likeness (QED) is 0.637. The normalized spacial score (nSPS) is 25.3. The van der Waals surface area contributed by atoms with Gasteiger partial charge in [0.05, 0.1) is 0 Å². The molecule has 0 N–H and O–H groups in total. The summed E-state index contributed by atoms with van der Waals surface area (Å²) >= 11 is 1.96. The van der Waals surface area contributed by atoms with E-state index in [0.717, 1.165) is 5.75 Å². The molecule has 0 fully saturated rings. The fourth-order valence-corrected chi connectivity index (χ4v) is 4.17. The monoisotopic (exact) mass is 238 g/mol. The SMILES string of the molecule is CC1c2ccc(F)cc2CSC1C(C)(C)C. The van der Waals surface area contributed by atoms with Crippen LogP contribution in [0.15, 0.2) is 18.2 Å². The number of thioether (sulfide) groups is 1. The van der Waals surface area contributed by atoms with E-state index >= 15 is 0 Å². The molecule has 2 heteroatoms. The smallest absolute Gasteiger partial charge is 0.123 e. The van der Waals surface area contributed by atoms with Crippen LogP contribution in [0.5, 0.6) is 0 Å². The maximum absolute atomic E-state index is 13.1. The molecular weight excluding hydrogens is 219 g/mol. The lowest BCUT2D eigenvalue weighted by atomic mass is 9.80. The molecule has 0 nitrogen and oxygen atoms in total. The molecule has 2 atom stereocenters. The van der Waals surface area contributed by atoms with Gasteiger partial charge in [0.2, 0.25) is 0 Å². The molecule has 0 saturated heterocycles. The van der Waals surface area contributed by atoms with Gasteiger partial charge in [-0.15, -0.1) is 0 Å². The second-order valence-corrected chi connectivity index (χ2v) is 6.86. The van der Waals surface area contributed by atoms with Crippen LogP contribution in [0, 0.1) is 11.2 Å². The molecule has 0 aliphatic carbocycles. The number of fused-ring (bicyclic) bond motifs is 1. The van der Waals surface area contributed by atoms with Crippen LogP contribution in [-0.2, 0) is 5.75 Å². The number of halogens is 1. The van der Waals surface area contributed by atoms with E-state index in [-0.39, 0.29) is 5.82 Å². The van der Waals surface area contributed by atoms with E-state index in [1.54, 1.807) is 12.1 Å². The molecule has 0 amide bonds. The molecule has 0 saturated carbocycles. The molecule has 2 unspecified atom stereocenters. The summed E-state index contributed by atoms with van der Waals surface area (Å²) in [6.45, 7) is 9.12. The van der Waals surface area contributed by atoms with Gasteiger partial charge in [-0.3, -0.25) is 0 Å². The fourth-order valence-electron chi connectivity index (χ4n) is 2.63. The van der Waals surface area contributed by atoms with Crippen LogP contribution in [-0.4, -0.2) is 5.25 Å². The van der Waals surface area contributed by atoms with E-state index in [1.165, 1.54) is 11.1 Å². The van der Waals surface area contributed by atoms with Crippen molar-refractivity contribution in [2.75, 3.05) is 0 Å². The fraction of sp³-hybridized carbons (Fsp3) is 0.571. The van der Waals surface area contributed by atoms with E-state index in [0.29, 0.717) is 16.6 Å². The molecule has 1 aromatic rings. The number of hydrogen-bond acceptors (Lipinski definition) is 1. The largest absolute Gasteiger partial charge is 0.207 e. The van der Waals surface area contributed by atoms with Crippen molar-refractivity contribution in [2.45, 2.75) is 44.6 Å². The summed E-state index contributed by atoms with van der Waals surface area (Å²) in [5.41, 5.74) is 2.81. The van der Waals surface area contributed by atoms with Gasteiger partial charge in [0.15, 0.2) is 0 Å². The predicted octanol–water partition coefficient (Wildman–Crippen LogP) is 4.59. The average Bonchev–Trinajstić information content (AvgIpc) is 2.15. The summed E-state index contributed by atoms with van der Waals surface area (Å²) in [4.78, 5) is 0. The molecule has 0 spiro atoms. The lowest BCUT2D eigenvalue weighted by molar-refractivity contribution is 0.360. The molecule has 1 aromatic carbocycles. The first-order chi connectivity index (χ1) is 7.39. The van der Waals surface area contributed by atoms with Gasteiger partial charge in [-0.1, -0.05) is 33.8 Å². The predicted molar refractivity (Wildman–Crippen MR) is 69.4 cm³/mol. The maximum atomic E-state index is 13.1. The summed E-state index contributed by atoms with van der Waals surface area (Å²) < 4.78 is 13.1. The third-order valence-electron chi connectivity index (χ3n) is 3.32. The molecule has 88 valence electrons. The van der Waals surface area contributed by atoms with Crippen molar-refractivity contribution < 1.29 is 4.39 Å². The lowest BCUT2D eigenvalue weighted by Crippen LogP contribution is -2.31. The zero-order valence-electron chi connectivity index (χ0n) is 10.4. The Morgan fingerprint density at radius 2 is 2.00 bits per heavy atom. The maximum Gasteiger partial charge on any atom is 0.123 e. The van der Waals surface area contributed by atoms with Crippen LogP contribution in [0.3, 0.4) is 0 Å².